The fraction of sp³-hybridized carbons (Fsp3) is 0.375. The van der Waals surface area contributed by atoms with Crippen LogP contribution in [0.25, 0.3) is 0 Å². The van der Waals surface area contributed by atoms with Crippen molar-refractivity contribution in [2.24, 2.45) is 0 Å². The van der Waals surface area contributed by atoms with Crippen LogP contribution in [0.4, 0.5) is 0 Å². The molecule has 0 radical (unpaired) electrons. The zero-order valence-corrected chi connectivity index (χ0v) is 14.0. The molecule has 1 aromatic carbocycles. The first-order valence-electron chi connectivity index (χ1n) is 7.10. The predicted molar refractivity (Wildman–Crippen MR) is 89.8 cm³/mol. The molecule has 0 unspecified atom stereocenters. The van der Waals surface area contributed by atoms with E-state index in [2.05, 4.69) is 22.2 Å². The van der Waals surface area contributed by atoms with Crippen molar-refractivity contribution in [3.63, 3.8) is 0 Å². The van der Waals surface area contributed by atoms with Gasteiger partial charge < -0.3 is 5.32 Å². The average molecular weight is 322 g/mol. The van der Waals surface area contributed by atoms with Crippen LogP contribution in [0.15, 0.2) is 35.2 Å². The van der Waals surface area contributed by atoms with Crippen LogP contribution in [0.3, 0.4) is 0 Å². The fourth-order valence-corrected chi connectivity index (χ4v) is 2.81. The van der Waals surface area contributed by atoms with Crippen LogP contribution >= 0.6 is 23.4 Å². The van der Waals surface area contributed by atoms with Crippen molar-refractivity contribution in [2.45, 2.75) is 37.5 Å². The molecule has 0 spiro atoms. The van der Waals surface area contributed by atoms with Crippen LogP contribution in [-0.2, 0) is 12.3 Å². The molecule has 2 rings (SSSR count). The lowest BCUT2D eigenvalue weighted by Crippen LogP contribution is -2.15. The summed E-state index contributed by atoms with van der Waals surface area (Å²) in [6.07, 6.45) is 1.13. The van der Waals surface area contributed by atoms with Crippen LogP contribution in [-0.4, -0.2) is 16.5 Å². The van der Waals surface area contributed by atoms with E-state index in [0.717, 1.165) is 47.5 Å². The van der Waals surface area contributed by atoms with E-state index in [1.807, 2.05) is 37.3 Å². The van der Waals surface area contributed by atoms with Crippen LogP contribution in [0.5, 0.6) is 0 Å². The molecular formula is C16H20ClN3S. The molecule has 5 heteroatoms. The summed E-state index contributed by atoms with van der Waals surface area (Å²) in [4.78, 5) is 10.3. The van der Waals surface area contributed by atoms with Gasteiger partial charge in [0.25, 0.3) is 0 Å². The SMILES string of the molecule is CCCNCc1cc(C)nc(CSc2ccc(Cl)cc2)n1. The minimum absolute atomic E-state index is 0.760. The van der Waals surface area contributed by atoms with E-state index in [1.54, 1.807) is 11.8 Å². The molecule has 0 saturated carbocycles. The molecule has 112 valence electrons. The van der Waals surface area contributed by atoms with Crippen molar-refractivity contribution in [1.29, 1.82) is 0 Å². The van der Waals surface area contributed by atoms with Gasteiger partial charge in [-0.1, -0.05) is 18.5 Å². The Morgan fingerprint density at radius 2 is 1.95 bits per heavy atom. The van der Waals surface area contributed by atoms with Crippen molar-refractivity contribution in [1.82, 2.24) is 15.3 Å². The smallest absolute Gasteiger partial charge is 0.139 e. The number of nitrogens with one attached hydrogen (secondary N) is 1. The minimum Gasteiger partial charge on any atom is -0.311 e. The number of hydrogen-bond acceptors (Lipinski definition) is 4. The molecule has 0 aliphatic rings. The number of rotatable bonds is 7. The highest BCUT2D eigenvalue weighted by Gasteiger charge is 2.04. The Morgan fingerprint density at radius 3 is 2.67 bits per heavy atom. The summed E-state index contributed by atoms with van der Waals surface area (Å²) in [6, 6.07) is 9.89. The van der Waals surface area contributed by atoms with Crippen molar-refractivity contribution in [3.8, 4) is 0 Å². The second-order valence-corrected chi connectivity index (χ2v) is 6.32. The molecule has 0 saturated heterocycles. The molecule has 2 aromatic rings. The molecule has 0 amide bonds. The number of halogens is 1. The highest BCUT2D eigenvalue weighted by Crippen LogP contribution is 2.23. The van der Waals surface area contributed by atoms with Gasteiger partial charge in [0.1, 0.15) is 5.82 Å². The summed E-state index contributed by atoms with van der Waals surface area (Å²) in [5.41, 5.74) is 2.08. The van der Waals surface area contributed by atoms with Crippen LogP contribution in [0.2, 0.25) is 5.02 Å². The summed E-state index contributed by atoms with van der Waals surface area (Å²) in [5, 5.41) is 4.13. The van der Waals surface area contributed by atoms with Crippen molar-refractivity contribution < 1.29 is 0 Å². The molecule has 21 heavy (non-hydrogen) atoms. The van der Waals surface area contributed by atoms with Gasteiger partial charge in [0.2, 0.25) is 0 Å². The second kappa shape index (κ2) is 8.37. The van der Waals surface area contributed by atoms with E-state index in [9.17, 15) is 0 Å². The Hall–Kier alpha value is -1.10. The molecule has 0 aliphatic heterocycles. The van der Waals surface area contributed by atoms with Crippen LogP contribution < -0.4 is 5.32 Å². The lowest BCUT2D eigenvalue weighted by molar-refractivity contribution is 0.659. The van der Waals surface area contributed by atoms with Gasteiger partial charge in [0.15, 0.2) is 0 Å². The van der Waals surface area contributed by atoms with E-state index in [-0.39, 0.29) is 0 Å². The van der Waals surface area contributed by atoms with Gasteiger partial charge in [-0.3, -0.25) is 0 Å². The average Bonchev–Trinajstić information content (AvgIpc) is 2.46. The first-order valence-corrected chi connectivity index (χ1v) is 8.46. The molecule has 1 N–H and O–H groups in total. The maximum absolute atomic E-state index is 5.89. The number of hydrogen-bond donors (Lipinski definition) is 1. The monoisotopic (exact) mass is 321 g/mol. The standard InChI is InChI=1S/C16H20ClN3S/c1-3-8-18-10-14-9-12(2)19-16(20-14)11-21-15-6-4-13(17)5-7-15/h4-7,9,18H,3,8,10-11H2,1-2H3. The van der Waals surface area contributed by atoms with Crippen molar-refractivity contribution in [2.75, 3.05) is 6.54 Å². The number of aromatic nitrogens is 2. The van der Waals surface area contributed by atoms with Crippen LogP contribution in [0.1, 0.15) is 30.6 Å². The Morgan fingerprint density at radius 1 is 1.19 bits per heavy atom. The molecule has 3 nitrogen and oxygen atoms in total. The summed E-state index contributed by atoms with van der Waals surface area (Å²) in [5.74, 6) is 1.65. The van der Waals surface area contributed by atoms with Gasteiger partial charge in [-0.2, -0.15) is 0 Å². The lowest BCUT2D eigenvalue weighted by Gasteiger charge is -2.07. The third-order valence-electron chi connectivity index (χ3n) is 2.87. The maximum Gasteiger partial charge on any atom is 0.139 e. The molecule has 0 aliphatic carbocycles. The minimum atomic E-state index is 0.760. The zero-order valence-electron chi connectivity index (χ0n) is 12.4. The van der Waals surface area contributed by atoms with Gasteiger partial charge in [-0.05, 0) is 50.2 Å². The number of aryl methyl sites for hydroxylation is 1. The molecule has 1 aromatic heterocycles. The van der Waals surface area contributed by atoms with Gasteiger partial charge >= 0.3 is 0 Å². The Balaban J connectivity index is 1.97. The van der Waals surface area contributed by atoms with Crippen molar-refractivity contribution >= 4 is 23.4 Å². The fourth-order valence-electron chi connectivity index (χ4n) is 1.93. The summed E-state index contributed by atoms with van der Waals surface area (Å²) in [7, 11) is 0. The first kappa shape index (κ1) is 16.3. The van der Waals surface area contributed by atoms with E-state index < -0.39 is 0 Å². The largest absolute Gasteiger partial charge is 0.311 e. The Labute approximate surface area is 135 Å². The number of thioether (sulfide) groups is 1. The van der Waals surface area contributed by atoms with Gasteiger partial charge in [-0.25, -0.2) is 9.97 Å². The normalized spacial score (nSPS) is 10.8. The quantitative estimate of drug-likeness (QED) is 0.611. The maximum atomic E-state index is 5.89. The Kier molecular flexibility index (Phi) is 6.49. The van der Waals surface area contributed by atoms with E-state index in [1.165, 1.54) is 4.90 Å². The highest BCUT2D eigenvalue weighted by atomic mass is 35.5. The molecular weight excluding hydrogens is 302 g/mol. The summed E-state index contributed by atoms with van der Waals surface area (Å²) < 4.78 is 0. The van der Waals surface area contributed by atoms with Crippen LogP contribution in [0, 0.1) is 6.92 Å². The highest BCUT2D eigenvalue weighted by molar-refractivity contribution is 7.98. The number of nitrogens with zero attached hydrogens (tertiary/aromatic N) is 2. The Bertz CT molecular complexity index is 572. The number of benzene rings is 1. The zero-order chi connectivity index (χ0) is 15.1. The van der Waals surface area contributed by atoms with E-state index in [0.29, 0.717) is 0 Å². The first-order chi connectivity index (χ1) is 10.2. The van der Waals surface area contributed by atoms with Crippen molar-refractivity contribution in [3.05, 3.63) is 52.6 Å². The molecule has 1 heterocycles. The molecule has 0 bridgehead atoms. The van der Waals surface area contributed by atoms with Gasteiger partial charge in [0, 0.05) is 22.2 Å². The second-order valence-electron chi connectivity index (χ2n) is 4.84. The summed E-state index contributed by atoms with van der Waals surface area (Å²) >= 11 is 7.61. The molecule has 0 fully saturated rings. The molecule has 0 atom stereocenters. The third-order valence-corrected chi connectivity index (χ3v) is 4.13. The van der Waals surface area contributed by atoms with E-state index in [4.69, 9.17) is 11.6 Å². The lowest BCUT2D eigenvalue weighted by atomic mass is 10.3. The topological polar surface area (TPSA) is 37.8 Å². The third kappa shape index (κ3) is 5.65. The predicted octanol–water partition coefficient (Wildman–Crippen LogP) is 4.23. The van der Waals surface area contributed by atoms with Gasteiger partial charge in [0.05, 0.1) is 11.4 Å². The van der Waals surface area contributed by atoms with E-state index >= 15 is 0 Å². The summed E-state index contributed by atoms with van der Waals surface area (Å²) in [6.45, 7) is 5.99. The van der Waals surface area contributed by atoms with Gasteiger partial charge in [-0.15, -0.1) is 11.8 Å².